The Morgan fingerprint density at radius 1 is 0.320 bits per heavy atom. The van der Waals surface area contributed by atoms with Crippen LogP contribution < -0.4 is 0 Å². The first-order valence-electron chi connectivity index (χ1n) is 21.0. The maximum Gasteiger partial charge on any atom is 0.0352 e. The van der Waals surface area contributed by atoms with E-state index in [0.717, 1.165) is 0 Å². The highest BCUT2D eigenvalue weighted by Gasteiger charge is 2.11. The molecule has 0 fully saturated rings. The molecule has 2 heterocycles. The molecule has 6 rings (SSSR count). The Hall–Kier alpha value is -2.42. The van der Waals surface area contributed by atoms with Gasteiger partial charge in [-0.1, -0.05) is 167 Å². The summed E-state index contributed by atoms with van der Waals surface area (Å²) in [6.45, 7) is 4.61. The molecule has 0 aliphatic heterocycles. The van der Waals surface area contributed by atoms with E-state index in [1.165, 1.54) is 207 Å². The first-order valence-corrected chi connectivity index (χ1v) is 22.6. The number of thiophene rings is 2. The van der Waals surface area contributed by atoms with Gasteiger partial charge in [-0.2, -0.15) is 0 Å². The summed E-state index contributed by atoms with van der Waals surface area (Å²) in [6, 6.07) is 24.3. The lowest BCUT2D eigenvalue weighted by atomic mass is 9.96. The van der Waals surface area contributed by atoms with Gasteiger partial charge in [0.1, 0.15) is 0 Å². The third kappa shape index (κ3) is 10.3. The van der Waals surface area contributed by atoms with Gasteiger partial charge in [-0.05, 0) is 105 Å². The van der Waals surface area contributed by atoms with Crippen molar-refractivity contribution in [2.24, 2.45) is 0 Å². The quantitative estimate of drug-likeness (QED) is 0.0435. The van der Waals surface area contributed by atoms with Gasteiger partial charge in [0.2, 0.25) is 0 Å². The van der Waals surface area contributed by atoms with Crippen molar-refractivity contribution in [3.63, 3.8) is 0 Å². The Morgan fingerprint density at radius 2 is 0.660 bits per heavy atom. The second-order valence-electron chi connectivity index (χ2n) is 15.4. The molecule has 0 N–H and O–H groups in total. The summed E-state index contributed by atoms with van der Waals surface area (Å²) in [6.07, 6.45) is 33.5. The van der Waals surface area contributed by atoms with Crippen molar-refractivity contribution in [1.29, 1.82) is 0 Å². The first-order chi connectivity index (χ1) is 24.7. The van der Waals surface area contributed by atoms with E-state index in [9.17, 15) is 0 Å². The van der Waals surface area contributed by atoms with Crippen LogP contribution in [-0.4, -0.2) is 0 Å². The minimum Gasteiger partial charge on any atom is -0.140 e. The van der Waals surface area contributed by atoms with E-state index < -0.39 is 0 Å². The van der Waals surface area contributed by atoms with Crippen LogP contribution in [0.1, 0.15) is 165 Å². The molecule has 0 saturated carbocycles. The van der Waals surface area contributed by atoms with E-state index in [2.05, 4.69) is 74.5 Å². The molecular weight excluding hydrogens is 641 g/mol. The molecule has 0 saturated heterocycles. The van der Waals surface area contributed by atoms with E-state index in [4.69, 9.17) is 0 Å². The topological polar surface area (TPSA) is 0 Å². The highest BCUT2D eigenvalue weighted by molar-refractivity contribution is 7.19. The second-order valence-corrected chi connectivity index (χ2v) is 17.8. The fourth-order valence-corrected chi connectivity index (χ4v) is 10.5. The van der Waals surface area contributed by atoms with Crippen LogP contribution >= 0.6 is 22.7 Å². The molecule has 0 amide bonds. The van der Waals surface area contributed by atoms with Crippen LogP contribution in [0.25, 0.3) is 52.5 Å². The summed E-state index contributed by atoms with van der Waals surface area (Å²) in [4.78, 5) is 3.12. The molecule has 0 aliphatic rings. The van der Waals surface area contributed by atoms with Gasteiger partial charge in [-0.15, -0.1) is 22.7 Å². The number of aryl methyl sites for hydroxylation is 2. The van der Waals surface area contributed by atoms with Crippen LogP contribution in [0.2, 0.25) is 0 Å². The largest absolute Gasteiger partial charge is 0.140 e. The molecule has 0 spiro atoms. The van der Waals surface area contributed by atoms with Crippen LogP contribution in [0.4, 0.5) is 0 Å². The number of unbranched alkanes of at least 4 members (excludes halogenated alkanes) is 20. The minimum atomic E-state index is 1.23. The van der Waals surface area contributed by atoms with Gasteiger partial charge in [0.25, 0.3) is 0 Å². The Kier molecular flexibility index (Phi) is 14.9. The van der Waals surface area contributed by atoms with E-state index in [0.29, 0.717) is 0 Å². The van der Waals surface area contributed by atoms with Gasteiger partial charge in [0.15, 0.2) is 0 Å². The van der Waals surface area contributed by atoms with Crippen molar-refractivity contribution < 1.29 is 0 Å². The molecule has 0 nitrogen and oxygen atoms in total. The summed E-state index contributed by atoms with van der Waals surface area (Å²) in [5.41, 5.74) is 0. The number of rotatable bonds is 24. The SMILES string of the molecule is CCCCCCCCCCCCCc1cc2cc3ccc4c5cc6sc(CCCCCCCCCCCCC)cc6cc5ccc4c3cc2s1. The Bertz CT molecular complexity index is 1760. The van der Waals surface area contributed by atoms with Gasteiger partial charge in [0.05, 0.1) is 0 Å². The minimum absolute atomic E-state index is 1.23. The van der Waals surface area contributed by atoms with E-state index >= 15 is 0 Å². The van der Waals surface area contributed by atoms with E-state index in [-0.39, 0.29) is 0 Å². The smallest absolute Gasteiger partial charge is 0.0352 e. The third-order valence-corrected chi connectivity index (χ3v) is 13.6. The van der Waals surface area contributed by atoms with Crippen molar-refractivity contribution in [2.75, 3.05) is 0 Å². The monoisotopic (exact) mass is 704 g/mol. The van der Waals surface area contributed by atoms with Crippen LogP contribution in [0.5, 0.6) is 0 Å². The van der Waals surface area contributed by atoms with E-state index in [1.54, 1.807) is 9.75 Å². The molecule has 0 aliphatic carbocycles. The Morgan fingerprint density at radius 3 is 1.02 bits per heavy atom. The van der Waals surface area contributed by atoms with Crippen LogP contribution in [0, 0.1) is 0 Å². The lowest BCUT2D eigenvalue weighted by Gasteiger charge is -2.08. The Balaban J connectivity index is 1.03. The predicted octanol–water partition coefficient (Wildman–Crippen LogP) is 17.3. The number of benzene rings is 4. The lowest BCUT2D eigenvalue weighted by Crippen LogP contribution is -1.84. The maximum atomic E-state index is 2.49. The molecule has 268 valence electrons. The zero-order valence-corrected chi connectivity index (χ0v) is 33.2. The molecule has 0 unspecified atom stereocenters. The standard InChI is InChI=1S/C48H64S2/c1-3-5-7-9-11-13-15-17-19-21-23-25-41-33-39-31-37-27-29-44-43(45(37)35-47(39)49-41)30-28-38-32-40-34-42(50-48(40)36-46(38)44)26-24-22-20-18-16-14-12-10-8-6-4-2/h27-36H,3-26H2,1-2H3. The molecule has 2 aromatic heterocycles. The Labute approximate surface area is 312 Å². The normalized spacial score (nSPS) is 12.1. The van der Waals surface area contributed by atoms with Crippen molar-refractivity contribution >= 4 is 75.2 Å². The predicted molar refractivity (Wildman–Crippen MR) is 230 cm³/mol. The van der Waals surface area contributed by atoms with Gasteiger partial charge < -0.3 is 0 Å². The van der Waals surface area contributed by atoms with Crippen LogP contribution in [0.15, 0.2) is 60.7 Å². The lowest BCUT2D eigenvalue weighted by molar-refractivity contribution is 0.550. The summed E-state index contributed by atoms with van der Waals surface area (Å²) in [5.74, 6) is 0. The van der Waals surface area contributed by atoms with Crippen LogP contribution in [0.3, 0.4) is 0 Å². The van der Waals surface area contributed by atoms with Gasteiger partial charge >= 0.3 is 0 Å². The molecule has 2 heteroatoms. The molecule has 6 aromatic rings. The number of hydrogen-bond donors (Lipinski definition) is 0. The fraction of sp³-hybridized carbons (Fsp3) is 0.542. The summed E-state index contributed by atoms with van der Waals surface area (Å²) < 4.78 is 2.90. The molecule has 0 bridgehead atoms. The van der Waals surface area contributed by atoms with Gasteiger partial charge in [0, 0.05) is 19.2 Å². The summed E-state index contributed by atoms with van der Waals surface area (Å²) in [7, 11) is 0. The zero-order chi connectivity index (χ0) is 34.4. The highest BCUT2D eigenvalue weighted by atomic mass is 32.1. The van der Waals surface area contributed by atoms with Gasteiger partial charge in [-0.25, -0.2) is 0 Å². The second kappa shape index (κ2) is 20.0. The van der Waals surface area contributed by atoms with Gasteiger partial charge in [-0.3, -0.25) is 0 Å². The average Bonchev–Trinajstić information content (AvgIpc) is 3.73. The number of fused-ring (bicyclic) bond motifs is 7. The maximum absolute atomic E-state index is 2.49. The van der Waals surface area contributed by atoms with Crippen molar-refractivity contribution in [3.05, 3.63) is 70.4 Å². The molecule has 0 radical (unpaired) electrons. The molecule has 50 heavy (non-hydrogen) atoms. The fourth-order valence-electron chi connectivity index (χ4n) is 8.23. The molecule has 4 aromatic carbocycles. The summed E-state index contributed by atoms with van der Waals surface area (Å²) in [5, 5.41) is 11.2. The average molecular weight is 705 g/mol. The van der Waals surface area contributed by atoms with Crippen molar-refractivity contribution in [3.8, 4) is 0 Å². The number of hydrogen-bond acceptors (Lipinski definition) is 2. The third-order valence-electron chi connectivity index (χ3n) is 11.3. The van der Waals surface area contributed by atoms with E-state index in [1.807, 2.05) is 22.7 Å². The van der Waals surface area contributed by atoms with Crippen molar-refractivity contribution in [2.45, 2.75) is 168 Å². The summed E-state index contributed by atoms with van der Waals surface area (Å²) >= 11 is 4.06. The highest BCUT2D eigenvalue weighted by Crippen LogP contribution is 2.39. The zero-order valence-electron chi connectivity index (χ0n) is 31.6. The van der Waals surface area contributed by atoms with Crippen LogP contribution in [-0.2, 0) is 12.8 Å². The van der Waals surface area contributed by atoms with Crippen molar-refractivity contribution in [1.82, 2.24) is 0 Å². The molecule has 0 atom stereocenters. The first kappa shape index (κ1) is 37.3. The molecular formula is C48H64S2.